The zero-order chi connectivity index (χ0) is 13.2. The first-order chi connectivity index (χ1) is 6.74. The van der Waals surface area contributed by atoms with Crippen molar-refractivity contribution in [3.8, 4) is 0 Å². The van der Waals surface area contributed by atoms with Crippen LogP contribution in [0, 0.1) is 0 Å². The first-order valence-corrected chi connectivity index (χ1v) is 4.15. The molecule has 0 radical (unpaired) electrons. The van der Waals surface area contributed by atoms with Gasteiger partial charge in [0, 0.05) is 0 Å². The molecule has 1 aliphatic rings. The van der Waals surface area contributed by atoms with Crippen molar-refractivity contribution in [1.29, 1.82) is 0 Å². The number of alkyl halides is 10. The van der Waals surface area contributed by atoms with Gasteiger partial charge in [0.15, 0.2) is 0 Å². The maximum absolute atomic E-state index is 12.8. The maximum atomic E-state index is 12.8. The molecule has 0 aromatic rings. The third kappa shape index (κ3) is 1.66. The summed E-state index contributed by atoms with van der Waals surface area (Å²) in [7, 11) is 0. The minimum Gasteiger partial charge on any atom is -0.214 e. The van der Waals surface area contributed by atoms with Gasteiger partial charge in [-0.05, 0) is 11.6 Å². The normalized spacial score (nSPS) is 30.4. The molecule has 0 spiro atoms. The average Bonchev–Trinajstić information content (AvgIpc) is 1.94. The summed E-state index contributed by atoms with van der Waals surface area (Å²) < 4.78 is 98.6. The van der Waals surface area contributed by atoms with Gasteiger partial charge in [-0.25, -0.2) is 4.39 Å². The van der Waals surface area contributed by atoms with Gasteiger partial charge in [-0.1, -0.05) is 11.6 Å². The minimum atomic E-state index is -5.76. The van der Waals surface area contributed by atoms with Crippen LogP contribution in [0.15, 0.2) is 11.1 Å². The van der Waals surface area contributed by atoms with Crippen LogP contribution in [0.5, 0.6) is 0 Å². The Kier molecular flexibility index (Phi) is 2.73. The van der Waals surface area contributed by atoms with Crippen LogP contribution in [-0.4, -0.2) is 22.6 Å². The van der Waals surface area contributed by atoms with Crippen LogP contribution in [0.3, 0.4) is 0 Å². The van der Waals surface area contributed by atoms with E-state index in [1.54, 1.807) is 0 Å². The highest BCUT2D eigenvalue weighted by Gasteiger charge is 2.79. The van der Waals surface area contributed by atoms with Crippen LogP contribution < -0.4 is 0 Å². The van der Waals surface area contributed by atoms with Gasteiger partial charge in [-0.15, -0.1) is 0 Å². The molecule has 0 saturated carbocycles. The molecule has 10 heteroatoms. The molecule has 0 aliphatic heterocycles. The van der Waals surface area contributed by atoms with E-state index >= 15 is 0 Å². The first kappa shape index (κ1) is 13.8. The Morgan fingerprint density at radius 1 is 0.875 bits per heavy atom. The van der Waals surface area contributed by atoms with E-state index in [9.17, 15) is 35.1 Å². The lowest BCUT2D eigenvalue weighted by atomic mass is 9.81. The highest BCUT2D eigenvalue weighted by Crippen LogP contribution is 2.65. The molecule has 0 amide bonds. The Morgan fingerprint density at radius 3 is 1.44 bits per heavy atom. The molecule has 0 bridgehead atoms. The van der Waals surface area contributed by atoms with Crippen molar-refractivity contribution in [2.24, 2.45) is 0 Å². The number of hydrogen-bond donors (Lipinski definition) is 0. The van der Waals surface area contributed by atoms with Gasteiger partial charge < -0.3 is 0 Å². The molecule has 1 aliphatic carbocycles. The van der Waals surface area contributed by atoms with Crippen LogP contribution in [0.2, 0.25) is 0 Å². The molecule has 94 valence electrons. The molecular formula is C6Cl2F8. The third-order valence-electron chi connectivity index (χ3n) is 1.84. The van der Waals surface area contributed by atoms with Gasteiger partial charge in [0.25, 0.3) is 5.13 Å². The summed E-state index contributed by atoms with van der Waals surface area (Å²) in [4.78, 5) is 0. The van der Waals surface area contributed by atoms with E-state index in [-0.39, 0.29) is 0 Å². The van der Waals surface area contributed by atoms with Gasteiger partial charge >= 0.3 is 17.5 Å². The molecule has 0 N–H and O–H groups in total. The summed E-state index contributed by atoms with van der Waals surface area (Å²) in [6.07, 6.45) is -5.76. The SMILES string of the molecule is FC(F)(F)C1=C(C(F)(F)Cl)C(F)(F)C1(F)Cl. The summed E-state index contributed by atoms with van der Waals surface area (Å²) in [5.74, 6) is -5.18. The van der Waals surface area contributed by atoms with E-state index < -0.39 is 33.8 Å². The van der Waals surface area contributed by atoms with Gasteiger partial charge in [0.1, 0.15) is 11.1 Å². The topological polar surface area (TPSA) is 0 Å². The van der Waals surface area contributed by atoms with E-state index in [1.807, 2.05) is 0 Å². The first-order valence-electron chi connectivity index (χ1n) is 3.39. The predicted molar refractivity (Wildman–Crippen MR) is 38.5 cm³/mol. The van der Waals surface area contributed by atoms with Crippen molar-refractivity contribution in [1.82, 2.24) is 0 Å². The standard InChI is InChI=1S/C6Cl2F8/c7-3(9)1(6(14,15)16)2(4(3,10)11)5(8,12)13. The molecule has 0 nitrogen and oxygen atoms in total. The quantitative estimate of drug-likeness (QED) is 0.386. The number of hydrogen-bond acceptors (Lipinski definition) is 0. The molecule has 0 aromatic heterocycles. The Labute approximate surface area is 92.8 Å². The molecule has 16 heavy (non-hydrogen) atoms. The van der Waals surface area contributed by atoms with E-state index in [1.165, 1.54) is 0 Å². The molecule has 0 fully saturated rings. The molecular weight excluding hydrogens is 295 g/mol. The average molecular weight is 295 g/mol. The third-order valence-corrected chi connectivity index (χ3v) is 2.45. The predicted octanol–water partition coefficient (Wildman–Crippen LogP) is 4.23. The summed E-state index contributed by atoms with van der Waals surface area (Å²) in [5, 5.41) is -9.75. The highest BCUT2D eigenvalue weighted by molar-refractivity contribution is 6.29. The van der Waals surface area contributed by atoms with Gasteiger partial charge in [-0.2, -0.15) is 30.7 Å². The molecule has 1 rings (SSSR count). The van der Waals surface area contributed by atoms with Crippen molar-refractivity contribution >= 4 is 23.2 Å². The van der Waals surface area contributed by atoms with Gasteiger partial charge in [-0.3, -0.25) is 0 Å². The Morgan fingerprint density at radius 2 is 1.25 bits per heavy atom. The summed E-state index contributed by atoms with van der Waals surface area (Å²) in [5.41, 5.74) is -5.71. The van der Waals surface area contributed by atoms with Crippen LogP contribution in [0.4, 0.5) is 35.1 Å². The molecule has 0 aromatic carbocycles. The van der Waals surface area contributed by atoms with Crippen molar-refractivity contribution in [2.75, 3.05) is 0 Å². The number of halogens is 10. The van der Waals surface area contributed by atoms with Gasteiger partial charge in [0.2, 0.25) is 0 Å². The van der Waals surface area contributed by atoms with Gasteiger partial charge in [0.05, 0.1) is 0 Å². The maximum Gasteiger partial charge on any atom is 0.417 e. The summed E-state index contributed by atoms with van der Waals surface area (Å²) in [6, 6.07) is 0. The molecule has 1 unspecified atom stereocenters. The fourth-order valence-electron chi connectivity index (χ4n) is 1.20. The second-order valence-electron chi connectivity index (χ2n) is 2.89. The molecule has 0 heterocycles. The lowest BCUT2D eigenvalue weighted by Gasteiger charge is -2.43. The van der Waals surface area contributed by atoms with Crippen molar-refractivity contribution in [2.45, 2.75) is 22.6 Å². The Bertz CT molecular complexity index is 313. The fourth-order valence-corrected chi connectivity index (χ4v) is 1.71. The highest BCUT2D eigenvalue weighted by atomic mass is 35.5. The van der Waals surface area contributed by atoms with Crippen LogP contribution >= 0.6 is 23.2 Å². The van der Waals surface area contributed by atoms with Crippen molar-refractivity contribution < 1.29 is 35.1 Å². The largest absolute Gasteiger partial charge is 0.417 e. The van der Waals surface area contributed by atoms with Crippen molar-refractivity contribution in [3.05, 3.63) is 11.1 Å². The molecule has 1 atom stereocenters. The monoisotopic (exact) mass is 294 g/mol. The smallest absolute Gasteiger partial charge is 0.214 e. The Hall–Kier alpha value is -0.240. The minimum absolute atomic E-state index is 2.85. The lowest BCUT2D eigenvalue weighted by molar-refractivity contribution is -0.171. The van der Waals surface area contributed by atoms with Crippen LogP contribution in [0.25, 0.3) is 0 Å². The molecule has 0 saturated heterocycles. The second kappa shape index (κ2) is 3.16. The van der Waals surface area contributed by atoms with E-state index in [0.29, 0.717) is 0 Å². The Balaban J connectivity index is 3.48. The van der Waals surface area contributed by atoms with Crippen LogP contribution in [0.1, 0.15) is 0 Å². The van der Waals surface area contributed by atoms with E-state index in [0.717, 1.165) is 0 Å². The van der Waals surface area contributed by atoms with E-state index in [2.05, 4.69) is 23.2 Å². The number of allylic oxidation sites excluding steroid dienone is 2. The summed E-state index contributed by atoms with van der Waals surface area (Å²) >= 11 is 8.31. The second-order valence-corrected chi connectivity index (χ2v) is 3.89. The zero-order valence-electron chi connectivity index (χ0n) is 6.78. The van der Waals surface area contributed by atoms with Crippen molar-refractivity contribution in [3.63, 3.8) is 0 Å². The number of rotatable bonds is 1. The fraction of sp³-hybridized carbons (Fsp3) is 0.667. The van der Waals surface area contributed by atoms with Crippen LogP contribution in [-0.2, 0) is 0 Å². The lowest BCUT2D eigenvalue weighted by Crippen LogP contribution is -2.60. The zero-order valence-corrected chi connectivity index (χ0v) is 8.29. The van der Waals surface area contributed by atoms with E-state index in [4.69, 9.17) is 0 Å². The summed E-state index contributed by atoms with van der Waals surface area (Å²) in [6.45, 7) is 0.